The van der Waals surface area contributed by atoms with Crippen molar-refractivity contribution in [3.8, 4) is 5.75 Å². The molecule has 0 amide bonds. The largest absolute Gasteiger partial charge is 0.497 e. The lowest BCUT2D eigenvalue weighted by Crippen LogP contribution is -1.90. The number of aryl methyl sites for hydroxylation is 1. The maximum atomic E-state index is 5.60. The van der Waals surface area contributed by atoms with Gasteiger partial charge in [-0.2, -0.15) is 0 Å². The van der Waals surface area contributed by atoms with Crippen molar-refractivity contribution in [3.05, 3.63) is 41.6 Å². The zero-order chi connectivity index (χ0) is 12.1. The van der Waals surface area contributed by atoms with Crippen molar-refractivity contribution < 1.29 is 9.15 Å². The van der Waals surface area contributed by atoms with Crippen molar-refractivity contribution in [3.63, 3.8) is 0 Å². The van der Waals surface area contributed by atoms with Gasteiger partial charge in [-0.15, -0.1) is 21.8 Å². The normalized spacial score (nSPS) is 10.5. The molecule has 4 nitrogen and oxygen atoms in total. The maximum Gasteiger partial charge on any atom is 0.220 e. The molecule has 0 aliphatic heterocycles. The monoisotopic (exact) mass is 252 g/mol. The van der Waals surface area contributed by atoms with Crippen LogP contribution in [0.3, 0.4) is 0 Å². The Bertz CT molecular complexity index is 485. The lowest BCUT2D eigenvalue weighted by molar-refractivity contribution is 0.414. The molecule has 0 atom stereocenters. The Morgan fingerprint density at radius 1 is 1.29 bits per heavy atom. The molecule has 0 bridgehead atoms. The predicted octanol–water partition coefficient (Wildman–Crippen LogP) is 2.45. The van der Waals surface area contributed by atoms with E-state index in [4.69, 9.17) is 20.8 Å². The van der Waals surface area contributed by atoms with E-state index in [-0.39, 0.29) is 0 Å². The molecular weight excluding hydrogens is 240 g/mol. The highest BCUT2D eigenvalue weighted by Gasteiger charge is 2.06. The molecule has 17 heavy (non-hydrogen) atoms. The molecule has 0 spiro atoms. The Hall–Kier alpha value is -1.55. The van der Waals surface area contributed by atoms with E-state index in [1.54, 1.807) is 7.11 Å². The van der Waals surface area contributed by atoms with Crippen molar-refractivity contribution in [2.75, 3.05) is 13.0 Å². The van der Waals surface area contributed by atoms with Crippen LogP contribution in [0.15, 0.2) is 28.7 Å². The second kappa shape index (κ2) is 5.68. The summed E-state index contributed by atoms with van der Waals surface area (Å²) in [6.45, 7) is 0. The van der Waals surface area contributed by atoms with Gasteiger partial charge in [0.2, 0.25) is 11.8 Å². The summed E-state index contributed by atoms with van der Waals surface area (Å²) in [5.74, 6) is 2.49. The van der Waals surface area contributed by atoms with Crippen molar-refractivity contribution in [2.24, 2.45) is 0 Å². The summed E-state index contributed by atoms with van der Waals surface area (Å²) < 4.78 is 10.6. The summed E-state index contributed by atoms with van der Waals surface area (Å²) in [5.41, 5.74) is 1.07. The minimum atomic E-state index is 0.487. The van der Waals surface area contributed by atoms with Gasteiger partial charge < -0.3 is 9.15 Å². The van der Waals surface area contributed by atoms with Crippen molar-refractivity contribution in [1.29, 1.82) is 0 Å². The highest BCUT2D eigenvalue weighted by atomic mass is 35.5. The molecule has 0 saturated carbocycles. The molecule has 1 aromatic carbocycles. The number of methoxy groups -OCH3 is 1. The number of nitrogens with zero attached hydrogens (tertiary/aromatic N) is 2. The summed E-state index contributed by atoms with van der Waals surface area (Å²) in [4.78, 5) is 0. The van der Waals surface area contributed by atoms with Gasteiger partial charge in [0, 0.05) is 12.3 Å². The van der Waals surface area contributed by atoms with Crippen molar-refractivity contribution in [2.45, 2.75) is 12.8 Å². The summed E-state index contributed by atoms with van der Waals surface area (Å²) in [6, 6.07) is 7.78. The standard InChI is InChI=1S/C12H13ClN2O2/c1-16-10-4-2-3-9(7-10)8-12-15-14-11(17-12)5-6-13/h2-4,7H,5-6,8H2,1H3. The molecule has 5 heteroatoms. The van der Waals surface area contributed by atoms with E-state index < -0.39 is 0 Å². The number of hydrogen-bond donors (Lipinski definition) is 0. The third-order valence-corrected chi connectivity index (χ3v) is 2.50. The van der Waals surface area contributed by atoms with Crippen LogP contribution < -0.4 is 4.74 Å². The van der Waals surface area contributed by atoms with E-state index in [1.165, 1.54) is 0 Å². The zero-order valence-electron chi connectivity index (χ0n) is 9.52. The molecule has 2 rings (SSSR count). The van der Waals surface area contributed by atoms with Crippen LogP contribution in [0.2, 0.25) is 0 Å². The van der Waals surface area contributed by atoms with Crippen LogP contribution >= 0.6 is 11.6 Å². The topological polar surface area (TPSA) is 48.2 Å². The third-order valence-electron chi connectivity index (χ3n) is 2.31. The van der Waals surface area contributed by atoms with Crippen molar-refractivity contribution in [1.82, 2.24) is 10.2 Å². The molecule has 0 N–H and O–H groups in total. The quantitative estimate of drug-likeness (QED) is 0.767. The zero-order valence-corrected chi connectivity index (χ0v) is 10.3. The van der Waals surface area contributed by atoms with E-state index >= 15 is 0 Å². The third kappa shape index (κ3) is 3.20. The molecule has 2 aromatic rings. The highest BCUT2D eigenvalue weighted by molar-refractivity contribution is 6.17. The molecular formula is C12H13ClN2O2. The van der Waals surface area contributed by atoms with Gasteiger partial charge in [0.25, 0.3) is 0 Å². The number of alkyl halides is 1. The van der Waals surface area contributed by atoms with Gasteiger partial charge in [0.05, 0.1) is 13.5 Å². The minimum Gasteiger partial charge on any atom is -0.497 e. The Balaban J connectivity index is 2.08. The van der Waals surface area contributed by atoms with Crippen LogP contribution in [0.1, 0.15) is 17.3 Å². The van der Waals surface area contributed by atoms with Gasteiger partial charge in [-0.1, -0.05) is 12.1 Å². The van der Waals surface area contributed by atoms with Crippen molar-refractivity contribution >= 4 is 11.6 Å². The number of rotatable bonds is 5. The number of halogens is 1. The molecule has 1 aromatic heterocycles. The first-order valence-corrected chi connectivity index (χ1v) is 5.85. The Kier molecular flexibility index (Phi) is 3.98. The Morgan fingerprint density at radius 3 is 2.88 bits per heavy atom. The number of aromatic nitrogens is 2. The van der Waals surface area contributed by atoms with E-state index in [1.807, 2.05) is 24.3 Å². The summed E-state index contributed by atoms with van der Waals surface area (Å²) in [7, 11) is 1.64. The molecule has 0 unspecified atom stereocenters. The lowest BCUT2D eigenvalue weighted by atomic mass is 10.1. The summed E-state index contributed by atoms with van der Waals surface area (Å²) in [6.07, 6.45) is 1.21. The first-order valence-electron chi connectivity index (χ1n) is 5.32. The molecule has 90 valence electrons. The SMILES string of the molecule is COc1cccc(Cc2nnc(CCCl)o2)c1. The van der Waals surface area contributed by atoms with Crippen LogP contribution in [0.25, 0.3) is 0 Å². The number of hydrogen-bond acceptors (Lipinski definition) is 4. The van der Waals surface area contributed by atoms with Gasteiger partial charge in [-0.25, -0.2) is 0 Å². The van der Waals surface area contributed by atoms with Gasteiger partial charge in [0.1, 0.15) is 5.75 Å². The van der Waals surface area contributed by atoms with E-state index in [0.717, 1.165) is 11.3 Å². The molecule has 0 fully saturated rings. The fourth-order valence-corrected chi connectivity index (χ4v) is 1.66. The fraction of sp³-hybridized carbons (Fsp3) is 0.333. The molecule has 0 saturated heterocycles. The first-order chi connectivity index (χ1) is 8.31. The van der Waals surface area contributed by atoms with E-state index in [2.05, 4.69) is 10.2 Å². The van der Waals surface area contributed by atoms with Crippen LogP contribution in [-0.2, 0) is 12.8 Å². The van der Waals surface area contributed by atoms with E-state index in [0.29, 0.717) is 30.5 Å². The second-order valence-electron chi connectivity index (χ2n) is 3.56. The van der Waals surface area contributed by atoms with E-state index in [9.17, 15) is 0 Å². The van der Waals surface area contributed by atoms with Crippen LogP contribution in [-0.4, -0.2) is 23.2 Å². The molecule has 0 aliphatic rings. The fourth-order valence-electron chi connectivity index (χ4n) is 1.50. The average Bonchev–Trinajstić information content (AvgIpc) is 2.77. The number of ether oxygens (including phenoxy) is 1. The predicted molar refractivity (Wildman–Crippen MR) is 64.5 cm³/mol. The van der Waals surface area contributed by atoms with Gasteiger partial charge in [0.15, 0.2) is 0 Å². The van der Waals surface area contributed by atoms with Gasteiger partial charge in [-0.05, 0) is 17.7 Å². The maximum absolute atomic E-state index is 5.60. The second-order valence-corrected chi connectivity index (χ2v) is 3.93. The number of benzene rings is 1. The van der Waals surface area contributed by atoms with Crippen LogP contribution in [0.5, 0.6) is 5.75 Å². The van der Waals surface area contributed by atoms with Crippen LogP contribution in [0, 0.1) is 0 Å². The molecule has 0 aliphatic carbocycles. The lowest BCUT2D eigenvalue weighted by Gasteiger charge is -2.01. The molecule has 1 heterocycles. The highest BCUT2D eigenvalue weighted by Crippen LogP contribution is 2.15. The average molecular weight is 253 g/mol. The molecule has 0 radical (unpaired) electrons. The Labute approximate surface area is 105 Å². The summed E-state index contributed by atoms with van der Waals surface area (Å²) in [5, 5.41) is 7.88. The Morgan fingerprint density at radius 2 is 2.12 bits per heavy atom. The van der Waals surface area contributed by atoms with Gasteiger partial charge in [-0.3, -0.25) is 0 Å². The van der Waals surface area contributed by atoms with Gasteiger partial charge >= 0.3 is 0 Å². The minimum absolute atomic E-state index is 0.487. The van der Waals surface area contributed by atoms with Crippen LogP contribution in [0.4, 0.5) is 0 Å². The first kappa shape index (κ1) is 11.9. The summed E-state index contributed by atoms with van der Waals surface area (Å²) >= 11 is 5.60. The smallest absolute Gasteiger partial charge is 0.220 e.